The van der Waals surface area contributed by atoms with E-state index in [4.69, 9.17) is 9.47 Å². The van der Waals surface area contributed by atoms with Gasteiger partial charge in [-0.3, -0.25) is 9.59 Å². The highest BCUT2D eigenvalue weighted by atomic mass is 32.2. The molecule has 1 aromatic carbocycles. The van der Waals surface area contributed by atoms with Crippen molar-refractivity contribution < 1.29 is 23.9 Å². The van der Waals surface area contributed by atoms with E-state index in [2.05, 4.69) is 4.98 Å². The maximum absolute atomic E-state index is 12.6. The van der Waals surface area contributed by atoms with E-state index >= 15 is 0 Å². The SMILES string of the molecule is COC(=O)c1c(C)[nH]c(C(=O)[C@@H](C)OC(=O)CCSc2ccc(C)cc2)c1C. The van der Waals surface area contributed by atoms with Crippen LogP contribution >= 0.6 is 11.8 Å². The van der Waals surface area contributed by atoms with Crippen LogP contribution in [0.15, 0.2) is 29.2 Å². The molecular weight excluding hydrogens is 378 g/mol. The smallest absolute Gasteiger partial charge is 0.339 e. The van der Waals surface area contributed by atoms with Crippen LogP contribution in [0.25, 0.3) is 0 Å². The Morgan fingerprint density at radius 3 is 2.36 bits per heavy atom. The molecule has 0 unspecified atom stereocenters. The van der Waals surface area contributed by atoms with Gasteiger partial charge in [0.1, 0.15) is 0 Å². The van der Waals surface area contributed by atoms with E-state index in [0.717, 1.165) is 4.90 Å². The number of methoxy groups -OCH3 is 1. The van der Waals surface area contributed by atoms with Crippen molar-refractivity contribution in [2.75, 3.05) is 12.9 Å². The first kappa shape index (κ1) is 21.8. The number of thioether (sulfide) groups is 1. The van der Waals surface area contributed by atoms with Crippen LogP contribution in [0, 0.1) is 20.8 Å². The summed E-state index contributed by atoms with van der Waals surface area (Å²) in [5.41, 5.74) is 2.81. The minimum Gasteiger partial charge on any atom is -0.465 e. The molecule has 1 atom stereocenters. The van der Waals surface area contributed by atoms with Crippen LogP contribution in [0.1, 0.15) is 51.0 Å². The molecule has 0 aliphatic rings. The van der Waals surface area contributed by atoms with Crippen molar-refractivity contribution in [2.45, 2.75) is 45.1 Å². The number of aromatic amines is 1. The van der Waals surface area contributed by atoms with E-state index < -0.39 is 18.0 Å². The molecule has 7 heteroatoms. The van der Waals surface area contributed by atoms with E-state index in [1.807, 2.05) is 31.2 Å². The number of esters is 2. The van der Waals surface area contributed by atoms with Gasteiger partial charge in [0.2, 0.25) is 5.78 Å². The number of nitrogens with one attached hydrogen (secondary N) is 1. The zero-order valence-electron chi connectivity index (χ0n) is 16.8. The topological polar surface area (TPSA) is 85.5 Å². The molecule has 0 bridgehead atoms. The third-order valence-corrected chi connectivity index (χ3v) is 5.36. The highest BCUT2D eigenvalue weighted by Gasteiger charge is 2.27. The summed E-state index contributed by atoms with van der Waals surface area (Å²) in [7, 11) is 1.29. The second kappa shape index (κ2) is 9.59. The predicted octanol–water partition coefficient (Wildman–Crippen LogP) is 4.02. The highest BCUT2D eigenvalue weighted by Crippen LogP contribution is 2.22. The largest absolute Gasteiger partial charge is 0.465 e. The number of hydrogen-bond donors (Lipinski definition) is 1. The zero-order valence-corrected chi connectivity index (χ0v) is 17.6. The van der Waals surface area contributed by atoms with Gasteiger partial charge in [0.05, 0.1) is 24.8 Å². The molecule has 0 saturated heterocycles. The molecule has 0 spiro atoms. The van der Waals surface area contributed by atoms with Crippen LogP contribution in [0.5, 0.6) is 0 Å². The van der Waals surface area contributed by atoms with E-state index in [0.29, 0.717) is 22.6 Å². The number of Topliss-reactive ketones (excluding diaryl/α,β-unsaturated/α-hetero) is 1. The van der Waals surface area contributed by atoms with Crippen LogP contribution in [0.4, 0.5) is 0 Å². The van der Waals surface area contributed by atoms with Gasteiger partial charge < -0.3 is 14.5 Å². The van der Waals surface area contributed by atoms with Crippen molar-refractivity contribution in [1.29, 1.82) is 0 Å². The van der Waals surface area contributed by atoms with Crippen LogP contribution in [0.2, 0.25) is 0 Å². The number of carbonyl (C=O) groups excluding carboxylic acids is 3. The number of H-pyrrole nitrogens is 1. The summed E-state index contributed by atoms with van der Waals surface area (Å²) in [5.74, 6) is -0.761. The lowest BCUT2D eigenvalue weighted by atomic mass is 10.1. The molecule has 6 nitrogen and oxygen atoms in total. The third-order valence-electron chi connectivity index (χ3n) is 4.35. The fourth-order valence-corrected chi connectivity index (χ4v) is 3.64. The van der Waals surface area contributed by atoms with Crippen LogP contribution in [0.3, 0.4) is 0 Å². The summed E-state index contributed by atoms with van der Waals surface area (Å²) >= 11 is 1.56. The number of hydrogen-bond acceptors (Lipinski definition) is 6. The number of benzene rings is 1. The summed E-state index contributed by atoms with van der Waals surface area (Å²) in [5, 5.41) is 0. The van der Waals surface area contributed by atoms with Crippen molar-refractivity contribution in [2.24, 2.45) is 0 Å². The Bertz CT molecular complexity index is 870. The molecule has 0 radical (unpaired) electrons. The molecule has 0 fully saturated rings. The Hall–Kier alpha value is -2.54. The zero-order chi connectivity index (χ0) is 20.8. The highest BCUT2D eigenvalue weighted by molar-refractivity contribution is 7.99. The Balaban J connectivity index is 1.92. The van der Waals surface area contributed by atoms with Gasteiger partial charge in [0.15, 0.2) is 6.10 Å². The van der Waals surface area contributed by atoms with Gasteiger partial charge in [-0.25, -0.2) is 4.79 Å². The van der Waals surface area contributed by atoms with Crippen molar-refractivity contribution in [3.63, 3.8) is 0 Å². The molecule has 0 saturated carbocycles. The summed E-state index contributed by atoms with van der Waals surface area (Å²) < 4.78 is 10.0. The monoisotopic (exact) mass is 403 g/mol. The molecule has 0 aliphatic carbocycles. The van der Waals surface area contributed by atoms with E-state index in [1.165, 1.54) is 19.6 Å². The number of carbonyl (C=O) groups is 3. The summed E-state index contributed by atoms with van der Waals surface area (Å²) in [4.78, 5) is 40.5. The molecule has 2 aromatic rings. The Morgan fingerprint density at radius 2 is 1.75 bits per heavy atom. The molecule has 1 aromatic heterocycles. The molecule has 1 heterocycles. The first-order chi connectivity index (χ1) is 13.2. The number of aryl methyl sites for hydroxylation is 2. The molecule has 0 aliphatic heterocycles. The van der Waals surface area contributed by atoms with Crippen LogP contribution in [-0.4, -0.2) is 41.7 Å². The summed E-state index contributed by atoms with van der Waals surface area (Å²) in [6, 6.07) is 8.05. The quantitative estimate of drug-likeness (QED) is 0.407. The number of aromatic nitrogens is 1. The predicted molar refractivity (Wildman–Crippen MR) is 108 cm³/mol. The van der Waals surface area contributed by atoms with Gasteiger partial charge >= 0.3 is 11.9 Å². The second-order valence-electron chi connectivity index (χ2n) is 6.52. The fourth-order valence-electron chi connectivity index (χ4n) is 2.80. The van der Waals surface area contributed by atoms with Gasteiger partial charge in [-0.15, -0.1) is 11.8 Å². The van der Waals surface area contributed by atoms with Crippen molar-refractivity contribution in [1.82, 2.24) is 4.98 Å². The number of ether oxygens (including phenoxy) is 2. The average molecular weight is 404 g/mol. The number of rotatable bonds is 8. The maximum Gasteiger partial charge on any atom is 0.339 e. The molecule has 0 amide bonds. The average Bonchev–Trinajstić information content (AvgIpc) is 2.96. The first-order valence-electron chi connectivity index (χ1n) is 8.95. The standard InChI is InChI=1S/C21H25NO5S/c1-12-6-8-16(9-7-12)28-11-10-17(23)27-15(4)20(24)19-13(2)18(14(3)22-19)21(25)26-5/h6-9,15,22H,10-11H2,1-5H3/t15-/m1/s1. The van der Waals surface area contributed by atoms with Gasteiger partial charge in [0.25, 0.3) is 0 Å². The Morgan fingerprint density at radius 1 is 1.11 bits per heavy atom. The minimum absolute atomic E-state index is 0.201. The molecular formula is C21H25NO5S. The molecule has 1 N–H and O–H groups in total. The van der Waals surface area contributed by atoms with Gasteiger partial charge in [-0.1, -0.05) is 17.7 Å². The normalized spacial score (nSPS) is 11.8. The van der Waals surface area contributed by atoms with Crippen molar-refractivity contribution in [3.8, 4) is 0 Å². The summed E-state index contributed by atoms with van der Waals surface area (Å²) in [6.07, 6.45) is -0.745. The fraction of sp³-hybridized carbons (Fsp3) is 0.381. The van der Waals surface area contributed by atoms with Gasteiger partial charge in [0, 0.05) is 16.3 Å². The van der Waals surface area contributed by atoms with Crippen molar-refractivity contribution >= 4 is 29.5 Å². The Kier molecular flexibility index (Phi) is 7.45. The van der Waals surface area contributed by atoms with E-state index in [9.17, 15) is 14.4 Å². The molecule has 2 rings (SSSR count). The first-order valence-corrected chi connectivity index (χ1v) is 9.93. The minimum atomic E-state index is -0.945. The molecule has 28 heavy (non-hydrogen) atoms. The molecule has 150 valence electrons. The van der Waals surface area contributed by atoms with E-state index in [-0.39, 0.29) is 17.9 Å². The Labute approximate surface area is 169 Å². The second-order valence-corrected chi connectivity index (χ2v) is 7.69. The number of ketones is 1. The van der Waals surface area contributed by atoms with Crippen LogP contribution < -0.4 is 0 Å². The summed E-state index contributed by atoms with van der Waals surface area (Å²) in [6.45, 7) is 6.90. The van der Waals surface area contributed by atoms with Crippen LogP contribution in [-0.2, 0) is 14.3 Å². The van der Waals surface area contributed by atoms with Crippen molar-refractivity contribution in [3.05, 3.63) is 52.3 Å². The lowest BCUT2D eigenvalue weighted by Crippen LogP contribution is -2.25. The third kappa shape index (κ3) is 5.25. The lowest BCUT2D eigenvalue weighted by Gasteiger charge is -2.12. The van der Waals surface area contributed by atoms with Gasteiger partial charge in [-0.05, 0) is 45.4 Å². The maximum atomic E-state index is 12.6. The van der Waals surface area contributed by atoms with E-state index in [1.54, 1.807) is 25.6 Å². The lowest BCUT2D eigenvalue weighted by molar-refractivity contribution is -0.145. The van der Waals surface area contributed by atoms with Gasteiger partial charge in [-0.2, -0.15) is 0 Å².